The van der Waals surface area contributed by atoms with E-state index in [1.807, 2.05) is 0 Å². The Kier molecular flexibility index (Phi) is 18.8. The number of fused-ring (bicyclic) bond motifs is 1. The number of imidazole rings is 1. The van der Waals surface area contributed by atoms with Crippen LogP contribution in [0.3, 0.4) is 0 Å². The predicted octanol–water partition coefficient (Wildman–Crippen LogP) is 10.3. The minimum absolute atomic E-state index is 0.0422. The number of hydrogen-bond acceptors (Lipinski definition) is 11. The first-order chi connectivity index (χ1) is 29.5. The quantitative estimate of drug-likeness (QED) is 0.0238. The number of hydrogen-bond donors (Lipinski definition) is 3. The van der Waals surface area contributed by atoms with Crippen LogP contribution in [-0.4, -0.2) is 73.5 Å². The van der Waals surface area contributed by atoms with Crippen molar-refractivity contribution in [3.8, 4) is 17.0 Å². The molecule has 0 radical (unpaired) electrons. The zero-order valence-corrected chi connectivity index (χ0v) is 35.6. The van der Waals surface area contributed by atoms with Gasteiger partial charge < -0.3 is 35.5 Å². The van der Waals surface area contributed by atoms with Crippen LogP contribution in [-0.2, 0) is 11.3 Å². The lowest BCUT2D eigenvalue weighted by molar-refractivity contribution is -0.0529. The number of alkyl halides is 2. The number of nitrogens with two attached hydrogens (primary N) is 2. The highest BCUT2D eigenvalue weighted by Crippen LogP contribution is 2.35. The van der Waals surface area contributed by atoms with Gasteiger partial charge in [0.15, 0.2) is 23.0 Å². The molecule has 4 aromatic rings. The van der Waals surface area contributed by atoms with E-state index < -0.39 is 41.6 Å². The molecular weight excluding hydrogens is 793 g/mol. The molecule has 3 aromatic heterocycles. The fraction of sp³-hybridized carbons (Fsp3) is 0.622. The number of unbranched alkanes of at least 4 members (excludes halogenated alkanes) is 17. The summed E-state index contributed by atoms with van der Waals surface area (Å²) >= 11 is 0. The summed E-state index contributed by atoms with van der Waals surface area (Å²) in [5, 5.41) is 10.3. The molecule has 0 saturated carbocycles. The lowest BCUT2D eigenvalue weighted by Crippen LogP contribution is -2.63. The van der Waals surface area contributed by atoms with Gasteiger partial charge >= 0.3 is 6.16 Å². The Labute approximate surface area is 356 Å². The molecule has 1 aliphatic heterocycles. The number of carbonyl (C=O) groups excluding carboxylic acids is 1. The van der Waals surface area contributed by atoms with Crippen LogP contribution in [0.1, 0.15) is 141 Å². The first kappa shape index (κ1) is 47.5. The highest BCUT2D eigenvalue weighted by atomic mass is 19.3. The molecule has 1 saturated heterocycles. The number of nitrogens with zero attached hydrogens (tertiary/aromatic N) is 6. The number of anilines is 2. The Morgan fingerprint density at radius 2 is 1.48 bits per heavy atom. The van der Waals surface area contributed by atoms with Crippen molar-refractivity contribution in [1.82, 2.24) is 24.5 Å². The molecule has 0 spiro atoms. The number of aromatic nitrogens is 5. The van der Waals surface area contributed by atoms with Crippen LogP contribution in [0.5, 0.6) is 5.75 Å². The number of piperidine rings is 1. The highest BCUT2D eigenvalue weighted by molar-refractivity contribution is 5.81. The number of pyridine rings is 1. The van der Waals surface area contributed by atoms with Crippen LogP contribution in [0.25, 0.3) is 22.4 Å². The molecule has 1 fully saturated rings. The van der Waals surface area contributed by atoms with E-state index in [0.29, 0.717) is 41.8 Å². The summed E-state index contributed by atoms with van der Waals surface area (Å²) < 4.78 is 70.1. The third kappa shape index (κ3) is 14.0. The van der Waals surface area contributed by atoms with Crippen molar-refractivity contribution >= 4 is 28.8 Å². The van der Waals surface area contributed by atoms with Crippen molar-refractivity contribution in [2.75, 3.05) is 30.3 Å². The summed E-state index contributed by atoms with van der Waals surface area (Å²) in [6.45, 7) is 2.74. The van der Waals surface area contributed by atoms with E-state index in [2.05, 4.69) is 26.9 Å². The topological polar surface area (TPSA) is 168 Å². The van der Waals surface area contributed by atoms with Gasteiger partial charge in [0.05, 0.1) is 42.6 Å². The van der Waals surface area contributed by atoms with Crippen molar-refractivity contribution < 1.29 is 36.9 Å². The molecule has 2 atom stereocenters. The monoisotopic (exact) mass is 856 g/mol. The van der Waals surface area contributed by atoms with Crippen molar-refractivity contribution in [2.45, 2.75) is 160 Å². The summed E-state index contributed by atoms with van der Waals surface area (Å²) in [6.07, 6.45) is 20.9. The van der Waals surface area contributed by atoms with Gasteiger partial charge in [-0.25, -0.2) is 37.3 Å². The summed E-state index contributed by atoms with van der Waals surface area (Å²) in [6, 6.07) is 3.18. The van der Waals surface area contributed by atoms with Crippen molar-refractivity contribution in [2.24, 2.45) is 5.73 Å². The van der Waals surface area contributed by atoms with E-state index >= 15 is 8.78 Å². The van der Waals surface area contributed by atoms with Gasteiger partial charge in [-0.1, -0.05) is 116 Å². The molecular formula is C45H64F4N8O4. The van der Waals surface area contributed by atoms with E-state index in [9.17, 15) is 18.7 Å². The molecule has 16 heteroatoms. The normalized spacial score (nSPS) is 16.1. The van der Waals surface area contributed by atoms with Crippen LogP contribution in [0, 0.1) is 11.6 Å². The molecule has 0 amide bonds. The number of carbonyl (C=O) groups is 1. The molecule has 1 aliphatic rings. The maximum Gasteiger partial charge on any atom is 0.513 e. The Balaban J connectivity index is 1.10. The fourth-order valence-electron chi connectivity index (χ4n) is 8.14. The molecule has 336 valence electrons. The Morgan fingerprint density at radius 3 is 2.10 bits per heavy atom. The van der Waals surface area contributed by atoms with Gasteiger partial charge in [-0.05, 0) is 37.0 Å². The van der Waals surface area contributed by atoms with E-state index in [-0.39, 0.29) is 43.2 Å². The second-order valence-corrected chi connectivity index (χ2v) is 16.5. The number of aliphatic hydroxyl groups excluding tert-OH is 1. The smallest absolute Gasteiger partial charge is 0.434 e. The first-order valence-corrected chi connectivity index (χ1v) is 22.2. The number of halogens is 4. The third-order valence-electron chi connectivity index (χ3n) is 11.7. The van der Waals surface area contributed by atoms with E-state index in [1.165, 1.54) is 115 Å². The van der Waals surface area contributed by atoms with E-state index in [0.717, 1.165) is 31.4 Å². The van der Waals surface area contributed by atoms with Crippen molar-refractivity contribution in [3.05, 3.63) is 54.2 Å². The largest absolute Gasteiger partial charge is 0.513 e. The number of benzene rings is 1. The highest BCUT2D eigenvalue weighted by Gasteiger charge is 2.43. The van der Waals surface area contributed by atoms with Crippen LogP contribution in [0.4, 0.5) is 33.9 Å². The van der Waals surface area contributed by atoms with Crippen molar-refractivity contribution in [3.63, 3.8) is 0 Å². The number of nitrogen functional groups attached to an aromatic ring is 1. The Morgan fingerprint density at radius 1 is 0.852 bits per heavy atom. The predicted molar refractivity (Wildman–Crippen MR) is 230 cm³/mol. The Bertz CT molecular complexity index is 1970. The first-order valence-electron chi connectivity index (χ1n) is 22.2. The molecule has 1 aromatic carbocycles. The molecule has 5 rings (SSSR count). The lowest BCUT2D eigenvalue weighted by atomic mass is 9.84. The van der Waals surface area contributed by atoms with E-state index in [4.69, 9.17) is 20.9 Å². The Hall–Kier alpha value is -4.57. The molecule has 0 bridgehead atoms. The van der Waals surface area contributed by atoms with Gasteiger partial charge in [0, 0.05) is 24.7 Å². The zero-order valence-electron chi connectivity index (χ0n) is 35.6. The number of aliphatic hydroxyl groups is 1. The fourth-order valence-corrected chi connectivity index (χ4v) is 8.14. The molecule has 0 aliphatic carbocycles. The van der Waals surface area contributed by atoms with Crippen molar-refractivity contribution in [1.29, 1.82) is 0 Å². The number of rotatable bonds is 26. The summed E-state index contributed by atoms with van der Waals surface area (Å²) in [5.41, 5.74) is 12.3. The minimum atomic E-state index is -3.04. The van der Waals surface area contributed by atoms with Gasteiger partial charge in [-0.3, -0.25) is 4.98 Å². The maximum absolute atomic E-state index is 15.7. The average Bonchev–Trinajstić information content (AvgIpc) is 3.66. The summed E-state index contributed by atoms with van der Waals surface area (Å²) in [7, 11) is 0. The zero-order chi connectivity index (χ0) is 43.6. The van der Waals surface area contributed by atoms with Crippen LogP contribution >= 0.6 is 0 Å². The van der Waals surface area contributed by atoms with Crippen LogP contribution in [0.15, 0.2) is 37.1 Å². The SMILES string of the molecule is CCCCCCCCCCCCCCCCCCCCOC(=O)Oc1cc(F)c(-c2cc(Cn3cnc4c(N)ncnc43)c(N3CCC[C@](N)([C@H](O)C(F)F)C3)cn2)cc1F. The second-order valence-electron chi connectivity index (χ2n) is 16.5. The second kappa shape index (κ2) is 24.2. The van der Waals surface area contributed by atoms with Gasteiger partial charge in [0.1, 0.15) is 23.8 Å². The van der Waals surface area contributed by atoms with Crippen LogP contribution < -0.4 is 21.1 Å². The van der Waals surface area contributed by atoms with Gasteiger partial charge in [-0.2, -0.15) is 0 Å². The van der Waals surface area contributed by atoms with Crippen LogP contribution in [0.2, 0.25) is 0 Å². The third-order valence-corrected chi connectivity index (χ3v) is 11.7. The molecule has 4 heterocycles. The van der Waals surface area contributed by atoms with Gasteiger partial charge in [-0.15, -0.1) is 0 Å². The molecule has 61 heavy (non-hydrogen) atoms. The standard InChI is InChI=1S/C45H64F4N8O4/c1-2-3-4-5-6-7-8-9-10-11-12-13-14-15-16-17-18-19-23-60-44(59)61-38-26-34(46)33(25-35(38)47)36-24-32(28-57-31-55-39-42(50)53-30-54-43(39)57)37(27-52-36)56-22-20-21-45(51,29-56)40(58)41(48)49/h24-27,30-31,40-41,58H,2-23,28-29,51H2,1H3,(H2,50,53,54)/t40-,45-/m1/s1. The average molecular weight is 857 g/mol. The lowest BCUT2D eigenvalue weighted by Gasteiger charge is -2.44. The summed E-state index contributed by atoms with van der Waals surface area (Å²) in [4.78, 5) is 31.1. The number of ether oxygens (including phenoxy) is 2. The van der Waals surface area contributed by atoms with Gasteiger partial charge in [0.25, 0.3) is 6.43 Å². The summed E-state index contributed by atoms with van der Waals surface area (Å²) in [5.74, 6) is -2.38. The van der Waals surface area contributed by atoms with Gasteiger partial charge in [0.2, 0.25) is 0 Å². The maximum atomic E-state index is 15.7. The van der Waals surface area contributed by atoms with E-state index in [1.54, 1.807) is 9.47 Å². The molecule has 5 N–H and O–H groups in total. The molecule has 12 nitrogen and oxygen atoms in total. The minimum Gasteiger partial charge on any atom is -0.434 e. The molecule has 0 unspecified atom stereocenters.